The molecule has 78 valence electrons. The zero-order chi connectivity index (χ0) is 11.0. The molecule has 2 aromatic rings. The van der Waals surface area contributed by atoms with Gasteiger partial charge in [0.15, 0.2) is 0 Å². The van der Waals surface area contributed by atoms with Crippen LogP contribution in [0.1, 0.15) is 23.7 Å². The molecule has 0 bridgehead atoms. The van der Waals surface area contributed by atoms with Crippen molar-refractivity contribution in [2.24, 2.45) is 0 Å². The zero-order valence-corrected chi connectivity index (χ0v) is 10.9. The Kier molecular flexibility index (Phi) is 2.79. The molecule has 1 nitrogen and oxygen atoms in total. The van der Waals surface area contributed by atoms with Gasteiger partial charge in [0.1, 0.15) is 0 Å². The normalized spacial score (nSPS) is 10.9. The first-order valence-electron chi connectivity index (χ1n) is 5.18. The van der Waals surface area contributed by atoms with Gasteiger partial charge in [-0.25, -0.2) is 0 Å². The standard InChI is InChI=1S/C13H14BrN/c1-4-12-9(3)8(2)11-6-5-10(14)7-13(11)15-12/h5-7H,4H2,1-3H3. The summed E-state index contributed by atoms with van der Waals surface area (Å²) in [6.07, 6.45) is 0.995. The zero-order valence-electron chi connectivity index (χ0n) is 9.26. The summed E-state index contributed by atoms with van der Waals surface area (Å²) in [6, 6.07) is 6.29. The largest absolute Gasteiger partial charge is 0.253 e. The molecule has 0 saturated heterocycles. The minimum atomic E-state index is 0.995. The Morgan fingerprint density at radius 3 is 2.60 bits per heavy atom. The number of hydrogen-bond donors (Lipinski definition) is 0. The molecule has 0 saturated carbocycles. The second kappa shape index (κ2) is 3.93. The van der Waals surface area contributed by atoms with Crippen LogP contribution in [0.5, 0.6) is 0 Å². The molecule has 0 amide bonds. The molecule has 15 heavy (non-hydrogen) atoms. The molecular weight excluding hydrogens is 250 g/mol. The van der Waals surface area contributed by atoms with E-state index < -0.39 is 0 Å². The Labute approximate surface area is 98.7 Å². The molecule has 0 aliphatic heterocycles. The van der Waals surface area contributed by atoms with E-state index in [4.69, 9.17) is 0 Å². The molecule has 0 aliphatic carbocycles. The third-order valence-electron chi connectivity index (χ3n) is 2.95. The summed E-state index contributed by atoms with van der Waals surface area (Å²) in [5.74, 6) is 0. The number of hydrogen-bond acceptors (Lipinski definition) is 1. The van der Waals surface area contributed by atoms with E-state index in [-0.39, 0.29) is 0 Å². The number of pyridine rings is 1. The fraction of sp³-hybridized carbons (Fsp3) is 0.308. The number of aromatic nitrogens is 1. The average molecular weight is 264 g/mol. The number of aryl methyl sites for hydroxylation is 2. The molecule has 0 atom stereocenters. The highest BCUT2D eigenvalue weighted by molar-refractivity contribution is 9.10. The fourth-order valence-corrected chi connectivity index (χ4v) is 2.26. The van der Waals surface area contributed by atoms with E-state index in [0.717, 1.165) is 16.4 Å². The Balaban J connectivity index is 2.84. The van der Waals surface area contributed by atoms with Crippen molar-refractivity contribution in [2.45, 2.75) is 27.2 Å². The average Bonchev–Trinajstić information content (AvgIpc) is 2.23. The van der Waals surface area contributed by atoms with Crippen molar-refractivity contribution in [2.75, 3.05) is 0 Å². The van der Waals surface area contributed by atoms with E-state index in [0.29, 0.717) is 0 Å². The van der Waals surface area contributed by atoms with Crippen LogP contribution in [0, 0.1) is 13.8 Å². The Morgan fingerprint density at radius 2 is 1.93 bits per heavy atom. The molecule has 0 spiro atoms. The van der Waals surface area contributed by atoms with Gasteiger partial charge in [-0.3, -0.25) is 4.98 Å². The summed E-state index contributed by atoms with van der Waals surface area (Å²) in [6.45, 7) is 6.48. The van der Waals surface area contributed by atoms with E-state index in [2.05, 4.69) is 59.9 Å². The van der Waals surface area contributed by atoms with Gasteiger partial charge >= 0.3 is 0 Å². The van der Waals surface area contributed by atoms with Gasteiger partial charge in [0.25, 0.3) is 0 Å². The van der Waals surface area contributed by atoms with E-state index in [1.54, 1.807) is 0 Å². The van der Waals surface area contributed by atoms with Gasteiger partial charge in [-0.05, 0) is 43.5 Å². The predicted octanol–water partition coefficient (Wildman–Crippen LogP) is 4.18. The molecule has 0 fully saturated rings. The first-order chi connectivity index (χ1) is 7.13. The highest BCUT2D eigenvalue weighted by atomic mass is 79.9. The highest BCUT2D eigenvalue weighted by Gasteiger charge is 2.07. The molecule has 1 aromatic heterocycles. The topological polar surface area (TPSA) is 12.9 Å². The van der Waals surface area contributed by atoms with Crippen molar-refractivity contribution in [3.8, 4) is 0 Å². The van der Waals surface area contributed by atoms with Crippen molar-refractivity contribution in [1.29, 1.82) is 0 Å². The lowest BCUT2D eigenvalue weighted by molar-refractivity contribution is 1.02. The molecule has 0 aliphatic rings. The number of nitrogens with zero attached hydrogens (tertiary/aromatic N) is 1. The van der Waals surface area contributed by atoms with Gasteiger partial charge in [0, 0.05) is 15.6 Å². The predicted molar refractivity (Wildman–Crippen MR) is 68.3 cm³/mol. The molecule has 2 heteroatoms. The first-order valence-corrected chi connectivity index (χ1v) is 5.98. The second-order valence-corrected chi connectivity index (χ2v) is 4.74. The maximum absolute atomic E-state index is 4.68. The molecule has 1 aromatic carbocycles. The van der Waals surface area contributed by atoms with Gasteiger partial charge in [0.2, 0.25) is 0 Å². The van der Waals surface area contributed by atoms with Crippen LogP contribution in [-0.2, 0) is 6.42 Å². The summed E-state index contributed by atoms with van der Waals surface area (Å²) < 4.78 is 1.09. The van der Waals surface area contributed by atoms with Crippen molar-refractivity contribution < 1.29 is 0 Å². The van der Waals surface area contributed by atoms with Gasteiger partial charge in [-0.1, -0.05) is 28.9 Å². The van der Waals surface area contributed by atoms with E-state index in [9.17, 15) is 0 Å². The summed E-state index contributed by atoms with van der Waals surface area (Å²) >= 11 is 3.48. The van der Waals surface area contributed by atoms with Crippen LogP contribution in [0.15, 0.2) is 22.7 Å². The number of fused-ring (bicyclic) bond motifs is 1. The van der Waals surface area contributed by atoms with Gasteiger partial charge in [0.05, 0.1) is 5.52 Å². The Bertz CT molecular complexity index is 517. The quantitative estimate of drug-likeness (QED) is 0.753. The number of halogens is 1. The van der Waals surface area contributed by atoms with Crippen molar-refractivity contribution in [3.63, 3.8) is 0 Å². The summed E-state index contributed by atoms with van der Waals surface area (Å²) in [7, 11) is 0. The minimum Gasteiger partial charge on any atom is -0.253 e. The molecule has 0 unspecified atom stereocenters. The van der Waals surface area contributed by atoms with E-state index >= 15 is 0 Å². The van der Waals surface area contributed by atoms with Crippen molar-refractivity contribution in [3.05, 3.63) is 39.5 Å². The summed E-state index contributed by atoms with van der Waals surface area (Å²) in [4.78, 5) is 4.68. The fourth-order valence-electron chi connectivity index (χ4n) is 1.91. The van der Waals surface area contributed by atoms with Crippen LogP contribution in [-0.4, -0.2) is 4.98 Å². The molecule has 1 heterocycles. The lowest BCUT2D eigenvalue weighted by Crippen LogP contribution is -1.96. The van der Waals surface area contributed by atoms with Crippen LogP contribution in [0.3, 0.4) is 0 Å². The van der Waals surface area contributed by atoms with Crippen LogP contribution in [0.2, 0.25) is 0 Å². The van der Waals surface area contributed by atoms with Gasteiger partial charge in [-0.15, -0.1) is 0 Å². The van der Waals surface area contributed by atoms with E-state index in [1.165, 1.54) is 22.2 Å². The maximum Gasteiger partial charge on any atom is 0.0719 e. The van der Waals surface area contributed by atoms with Crippen molar-refractivity contribution >= 4 is 26.8 Å². The molecule has 0 radical (unpaired) electrons. The van der Waals surface area contributed by atoms with Gasteiger partial charge in [-0.2, -0.15) is 0 Å². The summed E-state index contributed by atoms with van der Waals surface area (Å²) in [5.41, 5.74) is 4.97. The second-order valence-electron chi connectivity index (χ2n) is 3.82. The van der Waals surface area contributed by atoms with Crippen LogP contribution in [0.25, 0.3) is 10.9 Å². The maximum atomic E-state index is 4.68. The smallest absolute Gasteiger partial charge is 0.0719 e. The number of benzene rings is 1. The van der Waals surface area contributed by atoms with Gasteiger partial charge < -0.3 is 0 Å². The molecule has 0 N–H and O–H groups in total. The Morgan fingerprint density at radius 1 is 1.20 bits per heavy atom. The van der Waals surface area contributed by atoms with Crippen LogP contribution < -0.4 is 0 Å². The SMILES string of the molecule is CCc1nc2cc(Br)ccc2c(C)c1C. The third-order valence-corrected chi connectivity index (χ3v) is 3.44. The lowest BCUT2D eigenvalue weighted by Gasteiger charge is -2.10. The first kappa shape index (κ1) is 10.6. The van der Waals surface area contributed by atoms with Crippen LogP contribution in [0.4, 0.5) is 0 Å². The van der Waals surface area contributed by atoms with Crippen LogP contribution >= 0.6 is 15.9 Å². The summed E-state index contributed by atoms with van der Waals surface area (Å²) in [5, 5.41) is 1.26. The molecular formula is C13H14BrN. The third kappa shape index (κ3) is 1.78. The minimum absolute atomic E-state index is 0.995. The lowest BCUT2D eigenvalue weighted by atomic mass is 10.0. The van der Waals surface area contributed by atoms with Crippen molar-refractivity contribution in [1.82, 2.24) is 4.98 Å². The number of rotatable bonds is 1. The monoisotopic (exact) mass is 263 g/mol. The molecule has 2 rings (SSSR count). The Hall–Kier alpha value is -0.890. The van der Waals surface area contributed by atoms with E-state index in [1.807, 2.05) is 0 Å². The highest BCUT2D eigenvalue weighted by Crippen LogP contribution is 2.25.